The number of rotatable bonds is 7. The first-order valence-corrected chi connectivity index (χ1v) is 16.7. The molecule has 2 aliphatic heterocycles. The first-order valence-electron chi connectivity index (χ1n) is 12.2. The molecule has 0 radical (unpaired) electrons. The third-order valence-corrected chi connectivity index (χ3v) is 12.5. The summed E-state index contributed by atoms with van der Waals surface area (Å²) in [5.41, 5.74) is 6.37. The lowest BCUT2D eigenvalue weighted by atomic mass is 9.75. The summed E-state index contributed by atoms with van der Waals surface area (Å²) in [4.78, 5) is 4.07. The molecule has 2 atom stereocenters. The summed E-state index contributed by atoms with van der Waals surface area (Å²) in [6, 6.07) is 3.21. The molecule has 3 aliphatic rings. The standard InChI is InChI=1S/C22H36N4O5S3/c23-14-18-6-7-24-22(13-18)33(28,29)17-19-12-21(20-4-2-1-3-5-20)16-26(15-19)34(30,31)25-8-10-32(27)11-9-25/h6-7,13,19-21H,1-5,8-12,14-17,23H2. The van der Waals surface area contributed by atoms with Crippen molar-refractivity contribution in [1.82, 2.24) is 13.6 Å². The third-order valence-electron chi connectivity index (χ3n) is 7.45. The van der Waals surface area contributed by atoms with Crippen molar-refractivity contribution in [2.24, 2.45) is 23.5 Å². The lowest BCUT2D eigenvalue weighted by Crippen LogP contribution is -2.55. The molecule has 192 valence electrons. The molecule has 1 aromatic heterocycles. The highest BCUT2D eigenvalue weighted by Crippen LogP contribution is 2.38. The molecule has 1 saturated carbocycles. The van der Waals surface area contributed by atoms with Gasteiger partial charge in [0.1, 0.15) is 11.5 Å². The zero-order valence-corrected chi connectivity index (χ0v) is 22.0. The quantitative estimate of drug-likeness (QED) is 0.520. The lowest BCUT2D eigenvalue weighted by Gasteiger charge is -2.43. The molecule has 12 heteroatoms. The van der Waals surface area contributed by atoms with Gasteiger partial charge in [0.15, 0.2) is 14.9 Å². The fourth-order valence-corrected chi connectivity index (χ4v) is 10.2. The van der Waals surface area contributed by atoms with Crippen LogP contribution in [0.25, 0.3) is 0 Å². The summed E-state index contributed by atoms with van der Waals surface area (Å²) < 4.78 is 68.2. The summed E-state index contributed by atoms with van der Waals surface area (Å²) in [5.74, 6) is 0.825. The van der Waals surface area contributed by atoms with E-state index < -0.39 is 31.2 Å². The number of pyridine rings is 1. The topological polar surface area (TPSA) is 137 Å². The normalized spacial score (nSPS) is 27.1. The van der Waals surface area contributed by atoms with Crippen molar-refractivity contribution in [2.75, 3.05) is 43.4 Å². The first-order chi connectivity index (χ1) is 16.2. The van der Waals surface area contributed by atoms with Gasteiger partial charge in [-0.25, -0.2) is 13.4 Å². The Morgan fingerprint density at radius 3 is 2.41 bits per heavy atom. The van der Waals surface area contributed by atoms with E-state index in [0.29, 0.717) is 36.0 Å². The highest BCUT2D eigenvalue weighted by atomic mass is 32.2. The molecule has 2 N–H and O–H groups in total. The molecule has 0 spiro atoms. The van der Waals surface area contributed by atoms with Crippen LogP contribution in [0.15, 0.2) is 23.4 Å². The van der Waals surface area contributed by atoms with Crippen molar-refractivity contribution in [2.45, 2.75) is 50.1 Å². The van der Waals surface area contributed by atoms with Crippen LogP contribution in [0.2, 0.25) is 0 Å². The molecule has 1 aliphatic carbocycles. The number of nitrogens with zero attached hydrogens (tertiary/aromatic N) is 3. The van der Waals surface area contributed by atoms with Crippen molar-refractivity contribution in [1.29, 1.82) is 0 Å². The maximum absolute atomic E-state index is 13.5. The molecule has 2 unspecified atom stereocenters. The Morgan fingerprint density at radius 2 is 1.74 bits per heavy atom. The monoisotopic (exact) mass is 532 g/mol. The van der Waals surface area contributed by atoms with Crippen LogP contribution >= 0.6 is 0 Å². The van der Waals surface area contributed by atoms with Gasteiger partial charge in [0, 0.05) is 25.8 Å². The molecule has 0 amide bonds. The molecule has 3 fully saturated rings. The second-order valence-electron chi connectivity index (χ2n) is 9.82. The summed E-state index contributed by atoms with van der Waals surface area (Å²) in [6.07, 6.45) is 7.79. The van der Waals surface area contributed by atoms with Gasteiger partial charge in [0.05, 0.1) is 18.8 Å². The fourth-order valence-electron chi connectivity index (χ4n) is 5.62. The van der Waals surface area contributed by atoms with Gasteiger partial charge in [0.2, 0.25) is 0 Å². The van der Waals surface area contributed by atoms with E-state index >= 15 is 0 Å². The highest BCUT2D eigenvalue weighted by Gasteiger charge is 2.42. The van der Waals surface area contributed by atoms with Gasteiger partial charge < -0.3 is 10.3 Å². The zero-order chi connectivity index (χ0) is 24.3. The molecular weight excluding hydrogens is 496 g/mol. The average molecular weight is 533 g/mol. The van der Waals surface area contributed by atoms with Gasteiger partial charge in [-0.2, -0.15) is 17.0 Å². The van der Waals surface area contributed by atoms with E-state index in [1.165, 1.54) is 27.3 Å². The molecule has 0 bridgehead atoms. The van der Waals surface area contributed by atoms with Crippen LogP contribution in [0.4, 0.5) is 0 Å². The van der Waals surface area contributed by atoms with E-state index in [0.717, 1.165) is 25.7 Å². The Balaban J connectivity index is 1.56. The second-order valence-corrected chi connectivity index (χ2v) is 15.4. The van der Waals surface area contributed by atoms with Crippen molar-refractivity contribution in [3.05, 3.63) is 23.9 Å². The second kappa shape index (κ2) is 11.1. The smallest absolute Gasteiger partial charge is 0.282 e. The van der Waals surface area contributed by atoms with Crippen molar-refractivity contribution in [3.8, 4) is 0 Å². The van der Waals surface area contributed by atoms with E-state index in [9.17, 15) is 21.4 Å². The third kappa shape index (κ3) is 6.13. The Hall–Kier alpha value is -0.760. The van der Waals surface area contributed by atoms with Gasteiger partial charge >= 0.3 is 0 Å². The molecule has 1 aromatic rings. The highest BCUT2D eigenvalue weighted by molar-refractivity contribution is 7.92. The summed E-state index contributed by atoms with van der Waals surface area (Å²) in [7, 11) is -7.43. The van der Waals surface area contributed by atoms with Crippen LogP contribution < -0.4 is 5.73 Å². The Kier molecular flexibility index (Phi) is 8.59. The summed E-state index contributed by atoms with van der Waals surface area (Å²) in [6.45, 7) is 1.34. The van der Waals surface area contributed by atoms with E-state index in [4.69, 9.17) is 5.73 Å². The van der Waals surface area contributed by atoms with E-state index in [1.807, 2.05) is 0 Å². The van der Waals surface area contributed by atoms with Crippen LogP contribution in [-0.4, -0.2) is 78.4 Å². The van der Waals surface area contributed by atoms with Crippen LogP contribution in [-0.2, 0) is 37.8 Å². The molecule has 2 saturated heterocycles. The van der Waals surface area contributed by atoms with Crippen LogP contribution in [0, 0.1) is 17.8 Å². The zero-order valence-electron chi connectivity index (χ0n) is 19.5. The van der Waals surface area contributed by atoms with Gasteiger partial charge in [-0.3, -0.25) is 0 Å². The predicted molar refractivity (Wildman–Crippen MR) is 132 cm³/mol. The predicted octanol–water partition coefficient (Wildman–Crippen LogP) is 1.14. The molecule has 4 rings (SSSR count). The minimum Gasteiger partial charge on any atom is -0.616 e. The van der Waals surface area contributed by atoms with Crippen molar-refractivity contribution in [3.63, 3.8) is 0 Å². The van der Waals surface area contributed by atoms with Gasteiger partial charge in [-0.1, -0.05) is 43.3 Å². The minimum absolute atomic E-state index is 0.00292. The van der Waals surface area contributed by atoms with E-state index in [2.05, 4.69) is 4.98 Å². The Labute approximate surface area is 206 Å². The number of aromatic nitrogens is 1. The number of hydrogen-bond donors (Lipinski definition) is 1. The number of sulfone groups is 1. The first kappa shape index (κ1) is 26.3. The van der Waals surface area contributed by atoms with E-state index in [1.54, 1.807) is 6.07 Å². The Bertz CT molecular complexity index is 1040. The molecular formula is C22H36N4O5S3. The summed E-state index contributed by atoms with van der Waals surface area (Å²) in [5, 5.41) is 0.00292. The van der Waals surface area contributed by atoms with Gasteiger partial charge in [-0.05, 0) is 41.9 Å². The van der Waals surface area contributed by atoms with Crippen LogP contribution in [0.3, 0.4) is 0 Å². The van der Waals surface area contributed by atoms with E-state index in [-0.39, 0.29) is 48.8 Å². The van der Waals surface area contributed by atoms with Crippen molar-refractivity contribution < 1.29 is 21.4 Å². The van der Waals surface area contributed by atoms with Crippen LogP contribution in [0.5, 0.6) is 0 Å². The number of hydrogen-bond acceptors (Lipinski definition) is 7. The van der Waals surface area contributed by atoms with Crippen molar-refractivity contribution >= 4 is 31.2 Å². The summed E-state index contributed by atoms with van der Waals surface area (Å²) >= 11 is -0.976. The molecule has 9 nitrogen and oxygen atoms in total. The van der Waals surface area contributed by atoms with Gasteiger partial charge in [0.25, 0.3) is 10.2 Å². The maximum Gasteiger partial charge on any atom is 0.282 e. The lowest BCUT2D eigenvalue weighted by molar-refractivity contribution is 0.128. The number of nitrogens with two attached hydrogens (primary N) is 1. The average Bonchev–Trinajstić information content (AvgIpc) is 2.84. The largest absolute Gasteiger partial charge is 0.616 e. The molecule has 0 aromatic carbocycles. The molecule has 34 heavy (non-hydrogen) atoms. The minimum atomic E-state index is -3.74. The maximum atomic E-state index is 13.5. The number of piperidine rings is 1. The Morgan fingerprint density at radius 1 is 1.03 bits per heavy atom. The van der Waals surface area contributed by atoms with Gasteiger partial charge in [-0.15, -0.1) is 0 Å². The SMILES string of the molecule is NCc1ccnc(S(=O)(=O)CC2CC(C3CCCCC3)CN(S(=O)(=O)N3CC[S+]([O-])CC3)C2)c1. The molecule has 3 heterocycles. The van der Waals surface area contributed by atoms with Crippen LogP contribution in [0.1, 0.15) is 44.1 Å². The fraction of sp³-hybridized carbons (Fsp3) is 0.773.